The number of fused-ring (bicyclic) bond motifs is 1. The third-order valence-electron chi connectivity index (χ3n) is 4.46. The van der Waals surface area contributed by atoms with Gasteiger partial charge >= 0.3 is 6.08 Å². The molecule has 124 valence electrons. The van der Waals surface area contributed by atoms with Crippen LogP contribution in [0, 0.1) is 6.08 Å². The quantitative estimate of drug-likeness (QED) is 0.746. The summed E-state index contributed by atoms with van der Waals surface area (Å²) >= 11 is 0. The number of likely N-dealkylation sites (N-methyl/N-ethyl adjacent to an activating group) is 1. The van der Waals surface area contributed by atoms with Crippen molar-refractivity contribution in [3.63, 3.8) is 0 Å². The van der Waals surface area contributed by atoms with Gasteiger partial charge in [0, 0.05) is 13.1 Å². The average Bonchev–Trinajstić information content (AvgIpc) is 3.19. The topological polar surface area (TPSA) is 58.9 Å². The Balaban J connectivity index is 1.65. The fourth-order valence-electron chi connectivity index (χ4n) is 3.20. The third kappa shape index (κ3) is 2.82. The Bertz CT molecular complexity index is 847. The molecule has 0 radical (unpaired) electrons. The van der Waals surface area contributed by atoms with E-state index in [0.29, 0.717) is 23.5 Å². The zero-order valence-corrected chi connectivity index (χ0v) is 13.5. The van der Waals surface area contributed by atoms with Crippen LogP contribution in [0.2, 0.25) is 0 Å². The Morgan fingerprint density at radius 3 is 2.83 bits per heavy atom. The van der Waals surface area contributed by atoms with Gasteiger partial charge in [0.05, 0.1) is 12.4 Å². The van der Waals surface area contributed by atoms with E-state index in [1.807, 2.05) is 34.9 Å². The summed E-state index contributed by atoms with van der Waals surface area (Å²) in [5.41, 5.74) is 2.27. The molecule has 0 amide bonds. The first-order valence-corrected chi connectivity index (χ1v) is 8.07. The SMILES string of the molecule is CN1CCC(n2cnc3c(NCc4ccccc4)nc(F)nc32)C1. The molecule has 1 atom stereocenters. The van der Waals surface area contributed by atoms with Gasteiger partial charge in [0.2, 0.25) is 0 Å². The molecule has 2 aromatic heterocycles. The van der Waals surface area contributed by atoms with E-state index < -0.39 is 6.08 Å². The van der Waals surface area contributed by atoms with E-state index >= 15 is 0 Å². The second-order valence-corrected chi connectivity index (χ2v) is 6.21. The van der Waals surface area contributed by atoms with Crippen LogP contribution in [0.15, 0.2) is 36.7 Å². The van der Waals surface area contributed by atoms with Crippen LogP contribution in [0.5, 0.6) is 0 Å². The summed E-state index contributed by atoms with van der Waals surface area (Å²) in [5, 5.41) is 3.18. The van der Waals surface area contributed by atoms with Crippen LogP contribution < -0.4 is 5.32 Å². The highest BCUT2D eigenvalue weighted by Crippen LogP contribution is 2.26. The van der Waals surface area contributed by atoms with Crippen molar-refractivity contribution in [1.82, 2.24) is 24.4 Å². The molecule has 1 aliphatic rings. The van der Waals surface area contributed by atoms with E-state index in [1.165, 1.54) is 0 Å². The fourth-order valence-corrected chi connectivity index (χ4v) is 3.20. The van der Waals surface area contributed by atoms with Gasteiger partial charge in [-0.05, 0) is 25.6 Å². The number of likely N-dealkylation sites (tertiary alicyclic amines) is 1. The number of aromatic nitrogens is 4. The molecule has 7 heteroatoms. The molecule has 1 N–H and O–H groups in total. The molecule has 0 aliphatic carbocycles. The molecule has 1 fully saturated rings. The van der Waals surface area contributed by atoms with Crippen molar-refractivity contribution in [3.8, 4) is 0 Å². The second kappa shape index (κ2) is 6.16. The Kier molecular flexibility index (Phi) is 3.86. The van der Waals surface area contributed by atoms with E-state index in [9.17, 15) is 4.39 Å². The first kappa shape index (κ1) is 15.0. The number of hydrogen-bond acceptors (Lipinski definition) is 5. The number of halogens is 1. The summed E-state index contributed by atoms with van der Waals surface area (Å²) in [7, 11) is 2.08. The van der Waals surface area contributed by atoms with Crippen LogP contribution in [0.25, 0.3) is 11.2 Å². The Morgan fingerprint density at radius 2 is 2.08 bits per heavy atom. The lowest BCUT2D eigenvalue weighted by Gasteiger charge is -2.13. The van der Waals surface area contributed by atoms with Crippen molar-refractivity contribution in [2.75, 3.05) is 25.5 Å². The van der Waals surface area contributed by atoms with Gasteiger partial charge in [-0.25, -0.2) is 4.98 Å². The molecule has 0 spiro atoms. The molecule has 0 bridgehead atoms. The maximum absolute atomic E-state index is 13.9. The normalized spacial score (nSPS) is 18.3. The molecule has 1 aromatic carbocycles. The molecule has 0 saturated carbocycles. The van der Waals surface area contributed by atoms with E-state index in [0.717, 1.165) is 25.1 Å². The van der Waals surface area contributed by atoms with E-state index in [4.69, 9.17) is 0 Å². The highest BCUT2D eigenvalue weighted by Gasteiger charge is 2.24. The smallest absolute Gasteiger partial charge is 0.312 e. The number of imidazole rings is 1. The van der Waals surface area contributed by atoms with Crippen molar-refractivity contribution in [1.29, 1.82) is 0 Å². The summed E-state index contributed by atoms with van der Waals surface area (Å²) in [5.74, 6) is 0.437. The minimum atomic E-state index is -0.730. The standard InChI is InChI=1S/C17H19FN6/c1-23-8-7-13(10-23)24-11-20-14-15(21-17(18)22-16(14)24)19-9-12-5-3-2-4-6-12/h2-6,11,13H,7-10H2,1H3,(H,19,21,22). The maximum Gasteiger partial charge on any atom is 0.312 e. The summed E-state index contributed by atoms with van der Waals surface area (Å²) in [6, 6.07) is 10.2. The summed E-state index contributed by atoms with van der Waals surface area (Å²) in [4.78, 5) is 14.6. The average molecular weight is 326 g/mol. The second-order valence-electron chi connectivity index (χ2n) is 6.21. The lowest BCUT2D eigenvalue weighted by atomic mass is 10.2. The minimum absolute atomic E-state index is 0.274. The number of nitrogens with zero attached hydrogens (tertiary/aromatic N) is 5. The van der Waals surface area contributed by atoms with Crippen LogP contribution in [-0.4, -0.2) is 44.6 Å². The molecule has 1 unspecified atom stereocenters. The van der Waals surface area contributed by atoms with E-state index in [2.05, 4.69) is 32.2 Å². The molecule has 3 heterocycles. The number of hydrogen-bond donors (Lipinski definition) is 1. The van der Waals surface area contributed by atoms with Crippen LogP contribution >= 0.6 is 0 Å². The Hall–Kier alpha value is -2.54. The zero-order valence-electron chi connectivity index (χ0n) is 13.5. The zero-order chi connectivity index (χ0) is 16.5. The predicted molar refractivity (Wildman–Crippen MR) is 90.2 cm³/mol. The highest BCUT2D eigenvalue weighted by atomic mass is 19.1. The van der Waals surface area contributed by atoms with E-state index in [-0.39, 0.29) is 6.04 Å². The molecular formula is C17H19FN6. The molecule has 3 aromatic rings. The number of benzene rings is 1. The maximum atomic E-state index is 13.9. The van der Waals surface area contributed by atoms with Crippen LogP contribution in [0.3, 0.4) is 0 Å². The fraction of sp³-hybridized carbons (Fsp3) is 0.353. The van der Waals surface area contributed by atoms with Gasteiger partial charge < -0.3 is 14.8 Å². The van der Waals surface area contributed by atoms with Crippen LogP contribution in [-0.2, 0) is 6.54 Å². The van der Waals surface area contributed by atoms with Crippen molar-refractivity contribution in [2.45, 2.75) is 19.0 Å². The number of nitrogens with one attached hydrogen (secondary N) is 1. The van der Waals surface area contributed by atoms with Crippen molar-refractivity contribution in [2.24, 2.45) is 0 Å². The molecule has 4 rings (SSSR count). The summed E-state index contributed by atoms with van der Waals surface area (Å²) in [6.07, 6.45) is 2.03. The largest absolute Gasteiger partial charge is 0.364 e. The number of rotatable bonds is 4. The molecule has 1 saturated heterocycles. The van der Waals surface area contributed by atoms with Gasteiger partial charge in [-0.2, -0.15) is 14.4 Å². The first-order chi connectivity index (χ1) is 11.7. The molecular weight excluding hydrogens is 307 g/mol. The van der Waals surface area contributed by atoms with Crippen molar-refractivity contribution in [3.05, 3.63) is 48.3 Å². The molecule has 24 heavy (non-hydrogen) atoms. The van der Waals surface area contributed by atoms with Crippen LogP contribution in [0.4, 0.5) is 10.2 Å². The number of anilines is 1. The highest BCUT2D eigenvalue weighted by molar-refractivity contribution is 5.82. The van der Waals surface area contributed by atoms with Gasteiger partial charge in [-0.1, -0.05) is 30.3 Å². The lowest BCUT2D eigenvalue weighted by Crippen LogP contribution is -2.16. The van der Waals surface area contributed by atoms with E-state index in [1.54, 1.807) is 6.33 Å². The monoisotopic (exact) mass is 326 g/mol. The van der Waals surface area contributed by atoms with Gasteiger partial charge in [-0.3, -0.25) is 0 Å². The van der Waals surface area contributed by atoms with Crippen LogP contribution in [0.1, 0.15) is 18.0 Å². The summed E-state index contributed by atoms with van der Waals surface area (Å²) < 4.78 is 15.9. The van der Waals surface area contributed by atoms with Gasteiger partial charge in [-0.15, -0.1) is 0 Å². The third-order valence-corrected chi connectivity index (χ3v) is 4.46. The van der Waals surface area contributed by atoms with Gasteiger partial charge in [0.25, 0.3) is 0 Å². The van der Waals surface area contributed by atoms with Crippen molar-refractivity contribution >= 4 is 17.0 Å². The predicted octanol–water partition coefficient (Wildman–Crippen LogP) is 2.45. The summed E-state index contributed by atoms with van der Waals surface area (Å²) in [6.45, 7) is 2.51. The Labute approximate surface area is 139 Å². The molecule has 6 nitrogen and oxygen atoms in total. The Morgan fingerprint density at radius 1 is 1.25 bits per heavy atom. The lowest BCUT2D eigenvalue weighted by molar-refractivity contribution is 0.394. The van der Waals surface area contributed by atoms with Crippen molar-refractivity contribution < 1.29 is 4.39 Å². The van der Waals surface area contributed by atoms with Gasteiger partial charge in [0.15, 0.2) is 17.0 Å². The minimum Gasteiger partial charge on any atom is -0.364 e. The first-order valence-electron chi connectivity index (χ1n) is 8.07. The van der Waals surface area contributed by atoms with Gasteiger partial charge in [0.1, 0.15) is 0 Å². The molecule has 1 aliphatic heterocycles.